The van der Waals surface area contributed by atoms with Gasteiger partial charge in [-0.1, -0.05) is 135 Å². The van der Waals surface area contributed by atoms with Crippen LogP contribution in [0.15, 0.2) is 185 Å². The molecule has 2 aromatic heterocycles. The van der Waals surface area contributed by atoms with Crippen LogP contribution >= 0.6 is 0 Å². The molecule has 0 amide bonds. The molecule has 256 valence electrons. The molecule has 0 spiro atoms. The van der Waals surface area contributed by atoms with Crippen molar-refractivity contribution in [2.75, 3.05) is 4.90 Å². The SMILES string of the molecule is CC1(C)c2ccccc2-c2ccc(N(c3cccc(-c4ccccc4)c3)c3cccc4oc5cc6c(cc5c34)oc3cccc(-c4ccccc4)c36)cc21. The van der Waals surface area contributed by atoms with Crippen LogP contribution in [-0.4, -0.2) is 0 Å². The van der Waals surface area contributed by atoms with Crippen molar-refractivity contribution < 1.29 is 8.83 Å². The Hall–Kier alpha value is -6.84. The summed E-state index contributed by atoms with van der Waals surface area (Å²) < 4.78 is 13.4. The van der Waals surface area contributed by atoms with Crippen molar-refractivity contribution in [1.82, 2.24) is 0 Å². The largest absolute Gasteiger partial charge is 0.456 e. The van der Waals surface area contributed by atoms with Crippen LogP contribution in [0.1, 0.15) is 25.0 Å². The monoisotopic (exact) mass is 693 g/mol. The molecule has 1 aliphatic carbocycles. The van der Waals surface area contributed by atoms with E-state index in [4.69, 9.17) is 8.83 Å². The van der Waals surface area contributed by atoms with Crippen LogP contribution in [0.2, 0.25) is 0 Å². The van der Waals surface area contributed by atoms with Gasteiger partial charge in [0.15, 0.2) is 0 Å². The summed E-state index contributed by atoms with van der Waals surface area (Å²) in [6.07, 6.45) is 0. The van der Waals surface area contributed by atoms with E-state index in [0.717, 1.165) is 77.6 Å². The maximum absolute atomic E-state index is 6.76. The molecule has 3 nitrogen and oxygen atoms in total. The highest BCUT2D eigenvalue weighted by Gasteiger charge is 2.36. The number of benzene rings is 8. The van der Waals surface area contributed by atoms with Gasteiger partial charge in [-0.05, 0) is 99.1 Å². The summed E-state index contributed by atoms with van der Waals surface area (Å²) in [6, 6.07) is 62.8. The quantitative estimate of drug-likeness (QED) is 0.180. The van der Waals surface area contributed by atoms with Crippen molar-refractivity contribution >= 4 is 60.9 Å². The van der Waals surface area contributed by atoms with Crippen molar-refractivity contribution in [3.8, 4) is 33.4 Å². The molecule has 3 heteroatoms. The molecule has 1 aliphatic rings. The van der Waals surface area contributed by atoms with Crippen LogP contribution < -0.4 is 4.90 Å². The first-order chi connectivity index (χ1) is 26.5. The van der Waals surface area contributed by atoms with E-state index in [1.54, 1.807) is 0 Å². The zero-order valence-electron chi connectivity index (χ0n) is 30.0. The predicted molar refractivity (Wildman–Crippen MR) is 224 cm³/mol. The normalized spacial score (nSPS) is 13.1. The zero-order chi connectivity index (χ0) is 36.0. The molecule has 0 saturated carbocycles. The van der Waals surface area contributed by atoms with E-state index >= 15 is 0 Å². The molecule has 0 N–H and O–H groups in total. The van der Waals surface area contributed by atoms with Gasteiger partial charge in [0.05, 0.1) is 11.1 Å². The van der Waals surface area contributed by atoms with Crippen molar-refractivity contribution in [2.24, 2.45) is 0 Å². The summed E-state index contributed by atoms with van der Waals surface area (Å²) in [5.74, 6) is 0. The third-order valence-corrected chi connectivity index (χ3v) is 11.5. The molecule has 54 heavy (non-hydrogen) atoms. The average molecular weight is 694 g/mol. The van der Waals surface area contributed by atoms with Gasteiger partial charge in [0.1, 0.15) is 22.3 Å². The highest BCUT2D eigenvalue weighted by atomic mass is 16.3. The highest BCUT2D eigenvalue weighted by Crippen LogP contribution is 2.52. The topological polar surface area (TPSA) is 29.5 Å². The van der Waals surface area contributed by atoms with Gasteiger partial charge in [-0.2, -0.15) is 0 Å². The third-order valence-electron chi connectivity index (χ3n) is 11.5. The molecule has 0 radical (unpaired) electrons. The summed E-state index contributed by atoms with van der Waals surface area (Å²) in [6.45, 7) is 4.68. The first-order valence-corrected chi connectivity index (χ1v) is 18.6. The van der Waals surface area contributed by atoms with E-state index in [2.05, 4.69) is 195 Å². The van der Waals surface area contributed by atoms with E-state index in [1.807, 2.05) is 0 Å². The molecular formula is C51H35NO2. The van der Waals surface area contributed by atoms with Crippen LogP contribution in [0.25, 0.3) is 77.3 Å². The lowest BCUT2D eigenvalue weighted by Gasteiger charge is -2.29. The van der Waals surface area contributed by atoms with Gasteiger partial charge in [-0.3, -0.25) is 0 Å². The van der Waals surface area contributed by atoms with E-state index in [1.165, 1.54) is 27.8 Å². The molecule has 8 aromatic carbocycles. The number of fused-ring (bicyclic) bond motifs is 9. The van der Waals surface area contributed by atoms with Gasteiger partial charge in [0.2, 0.25) is 0 Å². The minimum atomic E-state index is -0.140. The van der Waals surface area contributed by atoms with Gasteiger partial charge in [-0.25, -0.2) is 0 Å². The van der Waals surface area contributed by atoms with Crippen LogP contribution in [0.5, 0.6) is 0 Å². The summed E-state index contributed by atoms with van der Waals surface area (Å²) in [5, 5.41) is 4.21. The molecule has 0 unspecified atom stereocenters. The summed E-state index contributed by atoms with van der Waals surface area (Å²) in [7, 11) is 0. The van der Waals surface area contributed by atoms with E-state index < -0.39 is 0 Å². The lowest BCUT2D eigenvalue weighted by Crippen LogP contribution is -2.16. The lowest BCUT2D eigenvalue weighted by atomic mass is 9.82. The second-order valence-corrected chi connectivity index (χ2v) is 14.9. The number of anilines is 3. The third kappa shape index (κ3) is 4.55. The van der Waals surface area contributed by atoms with Crippen molar-refractivity contribution in [1.29, 1.82) is 0 Å². The molecule has 0 aliphatic heterocycles. The Bertz CT molecular complexity index is 3080. The van der Waals surface area contributed by atoms with Crippen LogP contribution in [-0.2, 0) is 5.41 Å². The Kier molecular flexibility index (Phi) is 6.60. The Morgan fingerprint density at radius 3 is 1.74 bits per heavy atom. The first kappa shape index (κ1) is 30.8. The van der Waals surface area contributed by atoms with Gasteiger partial charge in [-0.15, -0.1) is 0 Å². The maximum Gasteiger partial charge on any atom is 0.137 e. The molecule has 10 aromatic rings. The average Bonchev–Trinajstić information content (AvgIpc) is 3.85. The summed E-state index contributed by atoms with van der Waals surface area (Å²) in [4.78, 5) is 2.40. The van der Waals surface area contributed by atoms with Crippen molar-refractivity contribution in [3.05, 3.63) is 187 Å². The number of hydrogen-bond donors (Lipinski definition) is 0. The summed E-state index contributed by atoms with van der Waals surface area (Å²) in [5.41, 5.74) is 16.4. The van der Waals surface area contributed by atoms with Crippen LogP contribution in [0.3, 0.4) is 0 Å². The van der Waals surface area contributed by atoms with Crippen LogP contribution in [0.4, 0.5) is 17.1 Å². The maximum atomic E-state index is 6.76. The zero-order valence-corrected chi connectivity index (χ0v) is 30.0. The minimum absolute atomic E-state index is 0.140. The van der Waals surface area contributed by atoms with Crippen molar-refractivity contribution in [2.45, 2.75) is 19.3 Å². The number of rotatable bonds is 5. The molecule has 0 atom stereocenters. The Labute approximate surface area is 313 Å². The highest BCUT2D eigenvalue weighted by molar-refractivity contribution is 6.20. The summed E-state index contributed by atoms with van der Waals surface area (Å²) >= 11 is 0. The minimum Gasteiger partial charge on any atom is -0.456 e. The Morgan fingerprint density at radius 2 is 0.963 bits per heavy atom. The van der Waals surface area contributed by atoms with E-state index in [-0.39, 0.29) is 5.41 Å². The molecule has 2 heterocycles. The number of hydrogen-bond acceptors (Lipinski definition) is 3. The molecule has 0 saturated heterocycles. The smallest absolute Gasteiger partial charge is 0.137 e. The number of nitrogens with zero attached hydrogens (tertiary/aromatic N) is 1. The van der Waals surface area contributed by atoms with Gasteiger partial charge < -0.3 is 13.7 Å². The van der Waals surface area contributed by atoms with Gasteiger partial charge in [0, 0.05) is 32.9 Å². The second kappa shape index (κ2) is 11.6. The fourth-order valence-electron chi connectivity index (χ4n) is 8.88. The van der Waals surface area contributed by atoms with Crippen LogP contribution in [0, 0.1) is 0 Å². The van der Waals surface area contributed by atoms with Gasteiger partial charge in [0.25, 0.3) is 0 Å². The fourth-order valence-corrected chi connectivity index (χ4v) is 8.88. The Balaban J connectivity index is 1.16. The van der Waals surface area contributed by atoms with Crippen molar-refractivity contribution in [3.63, 3.8) is 0 Å². The molecule has 0 fully saturated rings. The van der Waals surface area contributed by atoms with E-state index in [0.29, 0.717) is 0 Å². The lowest BCUT2D eigenvalue weighted by molar-refractivity contribution is 0.660. The fraction of sp³-hybridized carbons (Fsp3) is 0.0588. The second-order valence-electron chi connectivity index (χ2n) is 14.9. The van der Waals surface area contributed by atoms with E-state index in [9.17, 15) is 0 Å². The standard InChI is InChI=1S/C51H35NO2/c1-51(2)42-22-10-9-20-38(42)39-27-26-36(29-43(39)51)52(35-19-11-18-34(28-35)32-14-5-3-6-15-32)44-23-13-25-46-50(44)41-31-47-40(30-48(41)54-46)49-37(21-12-24-45(49)53-47)33-16-7-4-8-17-33/h3-31H,1-2H3. The Morgan fingerprint density at radius 1 is 0.389 bits per heavy atom. The molecule has 11 rings (SSSR count). The molecular weight excluding hydrogens is 659 g/mol. The predicted octanol–water partition coefficient (Wildman–Crippen LogP) is 14.6. The first-order valence-electron chi connectivity index (χ1n) is 18.6. The van der Waals surface area contributed by atoms with Gasteiger partial charge >= 0.3 is 0 Å². The number of furan rings is 2. The molecule has 0 bridgehead atoms.